The minimum Gasteiger partial charge on any atom is -0.304 e. The highest BCUT2D eigenvalue weighted by Gasteiger charge is 2.21. The zero-order valence-corrected chi connectivity index (χ0v) is 17.3. The van der Waals surface area contributed by atoms with E-state index in [2.05, 4.69) is 19.2 Å². The Morgan fingerprint density at radius 1 is 0.962 bits per heavy atom. The predicted molar refractivity (Wildman–Crippen MR) is 108 cm³/mol. The lowest BCUT2D eigenvalue weighted by Crippen LogP contribution is -2.30. The van der Waals surface area contributed by atoms with Gasteiger partial charge in [0.25, 0.3) is 0 Å². The zero-order chi connectivity index (χ0) is 19.3. The fraction of sp³-hybridized carbons (Fsp3) is 0.400. The lowest BCUT2D eigenvalue weighted by molar-refractivity contribution is 0.445. The van der Waals surface area contributed by atoms with Crippen molar-refractivity contribution in [1.29, 1.82) is 0 Å². The maximum atomic E-state index is 12.6. The summed E-state index contributed by atoms with van der Waals surface area (Å²) >= 11 is 6.27. The molecular weight excluding hydrogens is 368 g/mol. The number of hydrogen-bond donors (Lipinski definition) is 1. The summed E-state index contributed by atoms with van der Waals surface area (Å²) in [5.41, 5.74) is 2.07. The first kappa shape index (κ1) is 20.9. The van der Waals surface area contributed by atoms with Gasteiger partial charge in [-0.3, -0.25) is 0 Å². The van der Waals surface area contributed by atoms with E-state index in [-0.39, 0.29) is 12.1 Å². The first-order valence-electron chi connectivity index (χ1n) is 8.91. The summed E-state index contributed by atoms with van der Waals surface area (Å²) in [4.78, 5) is 0.330. The number of nitrogens with one attached hydrogen (secondary N) is 1. The van der Waals surface area contributed by atoms with E-state index in [1.807, 2.05) is 50.2 Å². The van der Waals surface area contributed by atoms with Crippen molar-refractivity contribution >= 4 is 21.6 Å². The highest BCUT2D eigenvalue weighted by atomic mass is 35.5. The van der Waals surface area contributed by atoms with E-state index >= 15 is 0 Å². The van der Waals surface area contributed by atoms with E-state index in [1.54, 1.807) is 12.1 Å². The molecule has 1 N–H and O–H groups in total. The van der Waals surface area contributed by atoms with Gasteiger partial charge in [-0.1, -0.05) is 55.8 Å². The average molecular weight is 395 g/mol. The van der Waals surface area contributed by atoms with Crippen LogP contribution in [0.1, 0.15) is 50.9 Å². The molecule has 0 heterocycles. The van der Waals surface area contributed by atoms with Crippen LogP contribution in [0.4, 0.5) is 0 Å². The standard InChI is InChI=1S/C20H27ClN2O2S/c1-5-23(6-2)26(24,25)18-13-11-17(12-14-18)15(3)22-16(4)19-9-7-8-10-20(19)21/h7-16,22H,5-6H2,1-4H3. The van der Waals surface area contributed by atoms with Gasteiger partial charge in [0, 0.05) is 30.2 Å². The molecule has 2 rings (SSSR count). The lowest BCUT2D eigenvalue weighted by atomic mass is 10.0. The second-order valence-corrected chi connectivity index (χ2v) is 8.64. The van der Waals surface area contributed by atoms with Crippen molar-refractivity contribution in [2.24, 2.45) is 0 Å². The summed E-state index contributed by atoms with van der Waals surface area (Å²) in [5.74, 6) is 0. The van der Waals surface area contributed by atoms with E-state index < -0.39 is 10.0 Å². The van der Waals surface area contributed by atoms with Crippen LogP contribution in [-0.4, -0.2) is 25.8 Å². The Morgan fingerprint density at radius 2 is 1.54 bits per heavy atom. The molecule has 4 nitrogen and oxygen atoms in total. The van der Waals surface area contributed by atoms with Crippen molar-refractivity contribution in [2.45, 2.75) is 44.7 Å². The van der Waals surface area contributed by atoms with Crippen molar-refractivity contribution in [3.8, 4) is 0 Å². The van der Waals surface area contributed by atoms with Gasteiger partial charge in [0.05, 0.1) is 4.90 Å². The molecule has 0 aliphatic heterocycles. The largest absolute Gasteiger partial charge is 0.304 e. The molecule has 0 saturated carbocycles. The molecule has 0 aliphatic rings. The monoisotopic (exact) mass is 394 g/mol. The number of rotatable bonds is 8. The highest BCUT2D eigenvalue weighted by Crippen LogP contribution is 2.26. The van der Waals surface area contributed by atoms with Gasteiger partial charge in [-0.05, 0) is 43.2 Å². The van der Waals surface area contributed by atoms with Crippen molar-refractivity contribution in [3.05, 3.63) is 64.7 Å². The van der Waals surface area contributed by atoms with Crippen LogP contribution >= 0.6 is 11.6 Å². The van der Waals surface area contributed by atoms with Gasteiger partial charge in [-0.25, -0.2) is 8.42 Å². The van der Waals surface area contributed by atoms with E-state index in [4.69, 9.17) is 11.6 Å². The molecule has 0 amide bonds. The normalized spacial score (nSPS) is 14.4. The van der Waals surface area contributed by atoms with Gasteiger partial charge in [-0.15, -0.1) is 0 Å². The van der Waals surface area contributed by atoms with Crippen LogP contribution in [0, 0.1) is 0 Å². The lowest BCUT2D eigenvalue weighted by Gasteiger charge is -2.22. The predicted octanol–water partition coefficient (Wildman–Crippen LogP) is 4.78. The molecule has 26 heavy (non-hydrogen) atoms. The first-order valence-corrected chi connectivity index (χ1v) is 10.7. The summed E-state index contributed by atoms with van der Waals surface area (Å²) in [6.07, 6.45) is 0. The van der Waals surface area contributed by atoms with E-state index in [9.17, 15) is 8.42 Å². The van der Waals surface area contributed by atoms with E-state index in [0.29, 0.717) is 18.0 Å². The third-order valence-corrected chi connectivity index (χ3v) is 7.00. The van der Waals surface area contributed by atoms with Crippen LogP contribution in [0.2, 0.25) is 5.02 Å². The Labute approximate surface area is 162 Å². The van der Waals surface area contributed by atoms with Crippen LogP contribution < -0.4 is 5.32 Å². The third kappa shape index (κ3) is 4.65. The fourth-order valence-electron chi connectivity index (χ4n) is 3.03. The van der Waals surface area contributed by atoms with Gasteiger partial charge in [0.15, 0.2) is 0 Å². The number of benzene rings is 2. The summed E-state index contributed by atoms with van der Waals surface area (Å²) in [6.45, 7) is 8.75. The van der Waals surface area contributed by atoms with Crippen LogP contribution in [0.15, 0.2) is 53.4 Å². The topological polar surface area (TPSA) is 49.4 Å². The average Bonchev–Trinajstić information content (AvgIpc) is 2.62. The first-order chi connectivity index (χ1) is 12.3. The number of halogens is 1. The van der Waals surface area contributed by atoms with Crippen molar-refractivity contribution in [1.82, 2.24) is 9.62 Å². The van der Waals surface area contributed by atoms with Gasteiger partial charge in [-0.2, -0.15) is 4.31 Å². The molecule has 0 bridgehead atoms. The molecule has 2 unspecified atom stereocenters. The summed E-state index contributed by atoms with van der Waals surface area (Å²) in [5, 5.41) is 4.25. The smallest absolute Gasteiger partial charge is 0.243 e. The van der Waals surface area contributed by atoms with Gasteiger partial charge in [0.1, 0.15) is 0 Å². The van der Waals surface area contributed by atoms with Gasteiger partial charge < -0.3 is 5.32 Å². The van der Waals surface area contributed by atoms with Crippen molar-refractivity contribution in [2.75, 3.05) is 13.1 Å². The Kier molecular flexibility index (Phi) is 7.24. The fourth-order valence-corrected chi connectivity index (χ4v) is 4.79. The summed E-state index contributed by atoms with van der Waals surface area (Å²) in [6, 6.07) is 15.0. The summed E-state index contributed by atoms with van der Waals surface area (Å²) < 4.78 is 26.6. The molecule has 0 saturated heterocycles. The SMILES string of the molecule is CCN(CC)S(=O)(=O)c1ccc(C(C)NC(C)c2ccccc2Cl)cc1. The summed E-state index contributed by atoms with van der Waals surface area (Å²) in [7, 11) is -3.42. The minimum atomic E-state index is -3.42. The number of hydrogen-bond acceptors (Lipinski definition) is 3. The molecule has 6 heteroatoms. The molecule has 2 aromatic rings. The molecule has 0 aliphatic carbocycles. The van der Waals surface area contributed by atoms with Crippen molar-refractivity contribution in [3.63, 3.8) is 0 Å². The number of sulfonamides is 1. The van der Waals surface area contributed by atoms with Gasteiger partial charge >= 0.3 is 0 Å². The molecule has 0 radical (unpaired) electrons. The second kappa shape index (κ2) is 9.00. The zero-order valence-electron chi connectivity index (χ0n) is 15.7. The van der Waals surface area contributed by atoms with Crippen molar-refractivity contribution < 1.29 is 8.42 Å². The number of nitrogens with zero attached hydrogens (tertiary/aromatic N) is 1. The van der Waals surface area contributed by atoms with E-state index in [0.717, 1.165) is 16.1 Å². The van der Waals surface area contributed by atoms with E-state index in [1.165, 1.54) is 4.31 Å². The molecule has 0 spiro atoms. The molecule has 142 valence electrons. The van der Waals surface area contributed by atoms with Crippen LogP contribution in [0.5, 0.6) is 0 Å². The minimum absolute atomic E-state index is 0.0616. The Hall–Kier alpha value is -1.40. The Morgan fingerprint density at radius 3 is 2.08 bits per heavy atom. The Balaban J connectivity index is 2.14. The maximum absolute atomic E-state index is 12.6. The molecular formula is C20H27ClN2O2S. The van der Waals surface area contributed by atoms with Crippen LogP contribution in [0.25, 0.3) is 0 Å². The molecule has 0 aromatic heterocycles. The molecule has 0 fully saturated rings. The molecule has 2 atom stereocenters. The molecule has 2 aromatic carbocycles. The van der Waals surface area contributed by atoms with Gasteiger partial charge in [0.2, 0.25) is 10.0 Å². The van der Waals surface area contributed by atoms with Crippen LogP contribution in [0.3, 0.4) is 0 Å². The Bertz CT molecular complexity index is 818. The maximum Gasteiger partial charge on any atom is 0.243 e. The highest BCUT2D eigenvalue weighted by molar-refractivity contribution is 7.89. The second-order valence-electron chi connectivity index (χ2n) is 6.29. The van der Waals surface area contributed by atoms with Crippen LogP contribution in [-0.2, 0) is 10.0 Å². The quantitative estimate of drug-likeness (QED) is 0.700. The third-order valence-electron chi connectivity index (χ3n) is 4.60.